The van der Waals surface area contributed by atoms with Crippen LogP contribution in [0.1, 0.15) is 29.9 Å². The van der Waals surface area contributed by atoms with Crippen molar-refractivity contribution >= 4 is 5.78 Å². The van der Waals surface area contributed by atoms with Crippen molar-refractivity contribution in [3.63, 3.8) is 0 Å². The van der Waals surface area contributed by atoms with Gasteiger partial charge in [0.1, 0.15) is 5.78 Å². The summed E-state index contributed by atoms with van der Waals surface area (Å²) >= 11 is 0. The zero-order valence-electron chi connectivity index (χ0n) is 7.21. The summed E-state index contributed by atoms with van der Waals surface area (Å²) in [6, 6.07) is 8.33. The third-order valence-electron chi connectivity index (χ3n) is 2.58. The normalized spacial score (nSPS) is 17.6. The Kier molecular flexibility index (Phi) is 1.72. The van der Waals surface area contributed by atoms with Gasteiger partial charge >= 0.3 is 0 Å². The van der Waals surface area contributed by atoms with Gasteiger partial charge in [-0.3, -0.25) is 4.79 Å². The van der Waals surface area contributed by atoms with Crippen LogP contribution >= 0.6 is 0 Å². The van der Waals surface area contributed by atoms with E-state index in [-0.39, 0.29) is 0 Å². The summed E-state index contributed by atoms with van der Waals surface area (Å²) in [5.74, 6) is 0.918. The Labute approximate surface area is 72.4 Å². The summed E-state index contributed by atoms with van der Waals surface area (Å²) in [7, 11) is 0. The SMILES string of the molecule is Cc1ccccc1C1CC(=O)C1. The van der Waals surface area contributed by atoms with Crippen LogP contribution < -0.4 is 0 Å². The molecule has 0 spiro atoms. The Hall–Kier alpha value is -1.11. The van der Waals surface area contributed by atoms with E-state index in [9.17, 15) is 4.79 Å². The van der Waals surface area contributed by atoms with E-state index in [2.05, 4.69) is 19.1 Å². The predicted molar refractivity (Wildman–Crippen MR) is 48.2 cm³/mol. The van der Waals surface area contributed by atoms with Crippen molar-refractivity contribution in [2.75, 3.05) is 0 Å². The van der Waals surface area contributed by atoms with Gasteiger partial charge in [0.2, 0.25) is 0 Å². The maximum absolute atomic E-state index is 10.8. The fourth-order valence-corrected chi connectivity index (χ4v) is 1.75. The van der Waals surface area contributed by atoms with Gasteiger partial charge < -0.3 is 0 Å². The molecule has 1 aliphatic rings. The largest absolute Gasteiger partial charge is 0.300 e. The standard InChI is InChI=1S/C11H12O/c1-8-4-2-3-5-11(8)9-6-10(12)7-9/h2-5,9H,6-7H2,1H3. The Bertz CT molecular complexity index is 307. The van der Waals surface area contributed by atoms with Gasteiger partial charge in [-0.05, 0) is 24.0 Å². The minimum Gasteiger partial charge on any atom is -0.300 e. The van der Waals surface area contributed by atoms with Crippen LogP contribution in [0.2, 0.25) is 0 Å². The second kappa shape index (κ2) is 2.74. The monoisotopic (exact) mass is 160 g/mol. The lowest BCUT2D eigenvalue weighted by Crippen LogP contribution is -2.21. The summed E-state index contributed by atoms with van der Waals surface area (Å²) in [4.78, 5) is 10.8. The van der Waals surface area contributed by atoms with Crippen molar-refractivity contribution in [1.82, 2.24) is 0 Å². The molecular formula is C11H12O. The highest BCUT2D eigenvalue weighted by molar-refractivity contribution is 5.86. The van der Waals surface area contributed by atoms with Crippen molar-refractivity contribution in [1.29, 1.82) is 0 Å². The first-order valence-electron chi connectivity index (χ1n) is 4.34. The van der Waals surface area contributed by atoms with Gasteiger partial charge in [0.05, 0.1) is 0 Å². The van der Waals surface area contributed by atoms with E-state index in [1.54, 1.807) is 0 Å². The quantitative estimate of drug-likeness (QED) is 0.616. The van der Waals surface area contributed by atoms with Crippen LogP contribution in [0.15, 0.2) is 24.3 Å². The number of carbonyl (C=O) groups excluding carboxylic acids is 1. The number of Topliss-reactive ketones (excluding diaryl/α,β-unsaturated/α-hetero) is 1. The fourth-order valence-electron chi connectivity index (χ4n) is 1.75. The first kappa shape index (κ1) is 7.53. The Morgan fingerprint density at radius 3 is 2.50 bits per heavy atom. The van der Waals surface area contributed by atoms with E-state index >= 15 is 0 Å². The highest BCUT2D eigenvalue weighted by Crippen LogP contribution is 2.34. The van der Waals surface area contributed by atoms with Crippen molar-refractivity contribution in [3.05, 3.63) is 35.4 Å². The third-order valence-corrected chi connectivity index (χ3v) is 2.58. The molecule has 2 rings (SSSR count). The van der Waals surface area contributed by atoms with E-state index in [1.807, 2.05) is 12.1 Å². The van der Waals surface area contributed by atoms with Crippen LogP contribution in [0.3, 0.4) is 0 Å². The molecule has 12 heavy (non-hydrogen) atoms. The molecule has 1 aromatic rings. The summed E-state index contributed by atoms with van der Waals surface area (Å²) in [5, 5.41) is 0. The molecule has 1 aromatic carbocycles. The van der Waals surface area contributed by atoms with Crippen LogP contribution in [-0.4, -0.2) is 5.78 Å². The molecule has 0 aliphatic heterocycles. The molecule has 0 unspecified atom stereocenters. The second-order valence-corrected chi connectivity index (χ2v) is 3.50. The van der Waals surface area contributed by atoms with Crippen LogP contribution in [0.5, 0.6) is 0 Å². The molecule has 0 aromatic heterocycles. The van der Waals surface area contributed by atoms with Crippen LogP contribution in [0.4, 0.5) is 0 Å². The molecule has 1 heteroatoms. The van der Waals surface area contributed by atoms with Crippen molar-refractivity contribution in [3.8, 4) is 0 Å². The minimum atomic E-state index is 0.406. The summed E-state index contributed by atoms with van der Waals surface area (Å²) < 4.78 is 0. The second-order valence-electron chi connectivity index (χ2n) is 3.50. The lowest BCUT2D eigenvalue weighted by atomic mass is 9.77. The molecule has 1 nitrogen and oxygen atoms in total. The molecule has 0 amide bonds. The molecule has 0 N–H and O–H groups in total. The molecule has 1 saturated carbocycles. The van der Waals surface area contributed by atoms with E-state index in [1.165, 1.54) is 11.1 Å². The average Bonchev–Trinajstić information content (AvgIpc) is 2.01. The van der Waals surface area contributed by atoms with Gasteiger partial charge in [0.15, 0.2) is 0 Å². The average molecular weight is 160 g/mol. The van der Waals surface area contributed by atoms with Gasteiger partial charge in [-0.15, -0.1) is 0 Å². The van der Waals surface area contributed by atoms with Gasteiger partial charge in [-0.2, -0.15) is 0 Å². The molecular weight excluding hydrogens is 148 g/mol. The first-order valence-corrected chi connectivity index (χ1v) is 4.34. The number of aryl methyl sites for hydroxylation is 1. The number of ketones is 1. The Balaban J connectivity index is 2.23. The summed E-state index contributed by atoms with van der Waals surface area (Å²) in [6.07, 6.45) is 1.51. The Morgan fingerprint density at radius 2 is 1.92 bits per heavy atom. The lowest BCUT2D eigenvalue weighted by Gasteiger charge is -2.25. The summed E-state index contributed by atoms with van der Waals surface area (Å²) in [5.41, 5.74) is 2.67. The van der Waals surface area contributed by atoms with Gasteiger partial charge in [0, 0.05) is 12.8 Å². The van der Waals surface area contributed by atoms with Gasteiger partial charge in [-0.25, -0.2) is 0 Å². The highest BCUT2D eigenvalue weighted by atomic mass is 16.1. The van der Waals surface area contributed by atoms with Crippen LogP contribution in [0, 0.1) is 6.92 Å². The maximum Gasteiger partial charge on any atom is 0.134 e. The maximum atomic E-state index is 10.8. The lowest BCUT2D eigenvalue weighted by molar-refractivity contribution is -0.124. The molecule has 0 atom stereocenters. The number of carbonyl (C=O) groups is 1. The van der Waals surface area contributed by atoms with Crippen molar-refractivity contribution < 1.29 is 4.79 Å². The summed E-state index contributed by atoms with van der Waals surface area (Å²) in [6.45, 7) is 2.11. The van der Waals surface area contributed by atoms with Gasteiger partial charge in [-0.1, -0.05) is 24.3 Å². The number of hydrogen-bond acceptors (Lipinski definition) is 1. The molecule has 1 fully saturated rings. The smallest absolute Gasteiger partial charge is 0.134 e. The third kappa shape index (κ3) is 1.15. The molecule has 0 bridgehead atoms. The molecule has 0 saturated heterocycles. The minimum absolute atomic E-state index is 0.406. The molecule has 0 radical (unpaired) electrons. The van der Waals surface area contributed by atoms with E-state index in [0.717, 1.165) is 12.8 Å². The van der Waals surface area contributed by atoms with Crippen molar-refractivity contribution in [2.24, 2.45) is 0 Å². The van der Waals surface area contributed by atoms with E-state index in [0.29, 0.717) is 11.7 Å². The Morgan fingerprint density at radius 1 is 1.25 bits per heavy atom. The van der Waals surface area contributed by atoms with E-state index in [4.69, 9.17) is 0 Å². The fraction of sp³-hybridized carbons (Fsp3) is 0.364. The predicted octanol–water partition coefficient (Wildman–Crippen LogP) is 2.44. The zero-order chi connectivity index (χ0) is 8.55. The van der Waals surface area contributed by atoms with Crippen molar-refractivity contribution in [2.45, 2.75) is 25.7 Å². The zero-order valence-corrected chi connectivity index (χ0v) is 7.21. The van der Waals surface area contributed by atoms with Crippen LogP contribution in [0.25, 0.3) is 0 Å². The number of hydrogen-bond donors (Lipinski definition) is 0. The molecule has 1 aliphatic carbocycles. The molecule has 0 heterocycles. The number of rotatable bonds is 1. The first-order chi connectivity index (χ1) is 5.77. The van der Waals surface area contributed by atoms with Gasteiger partial charge in [0.25, 0.3) is 0 Å². The topological polar surface area (TPSA) is 17.1 Å². The highest BCUT2D eigenvalue weighted by Gasteiger charge is 2.28. The van der Waals surface area contributed by atoms with Crippen LogP contribution in [-0.2, 0) is 4.79 Å². The number of benzene rings is 1. The van der Waals surface area contributed by atoms with E-state index < -0.39 is 0 Å². The molecule has 62 valence electrons.